The predicted molar refractivity (Wildman–Crippen MR) is 77.7 cm³/mol. The summed E-state index contributed by atoms with van der Waals surface area (Å²) in [5.74, 6) is -0.264. The number of aromatic nitrogens is 3. The van der Waals surface area contributed by atoms with Crippen molar-refractivity contribution in [3.63, 3.8) is 0 Å². The number of halogens is 3. The second kappa shape index (κ2) is 6.38. The van der Waals surface area contributed by atoms with Crippen LogP contribution in [0, 0.1) is 6.92 Å². The maximum absolute atomic E-state index is 12.5. The number of alkyl halides is 3. The van der Waals surface area contributed by atoms with Gasteiger partial charge in [-0.15, -0.1) is 0 Å². The summed E-state index contributed by atoms with van der Waals surface area (Å²) in [6.07, 6.45) is -4.78. The molecular weight excluding hydrogens is 329 g/mol. The Balaban J connectivity index is 2.17. The summed E-state index contributed by atoms with van der Waals surface area (Å²) in [5.41, 5.74) is -1.74. The van der Waals surface area contributed by atoms with Crippen LogP contribution in [0.4, 0.5) is 13.2 Å². The van der Waals surface area contributed by atoms with E-state index >= 15 is 0 Å². The third kappa shape index (κ3) is 3.42. The first-order valence-electron chi connectivity index (χ1n) is 6.80. The van der Waals surface area contributed by atoms with Gasteiger partial charge in [-0.2, -0.15) is 18.3 Å². The fourth-order valence-electron chi connectivity index (χ4n) is 2.23. The average Bonchev–Trinajstić information content (AvgIpc) is 2.76. The molecule has 0 spiro atoms. The second-order valence-corrected chi connectivity index (χ2v) is 4.99. The monoisotopic (exact) mass is 344 g/mol. The van der Waals surface area contributed by atoms with Crippen molar-refractivity contribution in [3.05, 3.63) is 45.0 Å². The molecule has 2 aromatic heterocycles. The summed E-state index contributed by atoms with van der Waals surface area (Å²) in [7, 11) is 3.12. The Morgan fingerprint density at radius 2 is 2.08 bits per heavy atom. The van der Waals surface area contributed by atoms with Crippen LogP contribution in [0.25, 0.3) is 0 Å². The number of hydrogen-bond acceptors (Lipinski definition) is 4. The number of ether oxygens (including phenoxy) is 1. The molecule has 0 saturated heterocycles. The van der Waals surface area contributed by atoms with Crippen molar-refractivity contribution in [3.8, 4) is 5.88 Å². The Morgan fingerprint density at radius 3 is 2.62 bits per heavy atom. The summed E-state index contributed by atoms with van der Waals surface area (Å²) in [6.45, 7) is 1.77. The SMILES string of the molecule is COc1c(CNC(=O)c2ccc(C(F)(F)F)c(=O)[nH]2)c(C)nn1C. The van der Waals surface area contributed by atoms with Gasteiger partial charge in [0.05, 0.1) is 24.9 Å². The van der Waals surface area contributed by atoms with Gasteiger partial charge in [0.2, 0.25) is 5.88 Å². The van der Waals surface area contributed by atoms with Gasteiger partial charge < -0.3 is 15.0 Å². The number of pyridine rings is 1. The van der Waals surface area contributed by atoms with Crippen molar-refractivity contribution >= 4 is 5.91 Å². The molecule has 24 heavy (non-hydrogen) atoms. The predicted octanol–water partition coefficient (Wildman–Crippen LogP) is 1.37. The van der Waals surface area contributed by atoms with Gasteiger partial charge in [-0.1, -0.05) is 0 Å². The lowest BCUT2D eigenvalue weighted by molar-refractivity contribution is -0.138. The number of methoxy groups -OCH3 is 1. The molecule has 2 aromatic rings. The maximum Gasteiger partial charge on any atom is 0.421 e. The number of hydrogen-bond donors (Lipinski definition) is 2. The van der Waals surface area contributed by atoms with Crippen molar-refractivity contribution < 1.29 is 22.7 Å². The van der Waals surface area contributed by atoms with Crippen LogP contribution in [-0.4, -0.2) is 27.8 Å². The van der Waals surface area contributed by atoms with Crippen molar-refractivity contribution in [2.45, 2.75) is 19.6 Å². The van der Waals surface area contributed by atoms with Crippen molar-refractivity contribution in [1.82, 2.24) is 20.1 Å². The lowest BCUT2D eigenvalue weighted by Gasteiger charge is -2.09. The van der Waals surface area contributed by atoms with E-state index in [9.17, 15) is 22.8 Å². The van der Waals surface area contributed by atoms with E-state index in [0.717, 1.165) is 6.07 Å². The number of carbonyl (C=O) groups excluding carboxylic acids is 1. The third-order valence-electron chi connectivity index (χ3n) is 3.37. The van der Waals surface area contributed by atoms with Crippen LogP contribution in [0.1, 0.15) is 27.3 Å². The van der Waals surface area contributed by atoms with Gasteiger partial charge in [0.25, 0.3) is 11.5 Å². The van der Waals surface area contributed by atoms with E-state index in [1.807, 2.05) is 4.98 Å². The average molecular weight is 344 g/mol. The van der Waals surface area contributed by atoms with Gasteiger partial charge in [0.15, 0.2) is 0 Å². The Kier molecular flexibility index (Phi) is 4.67. The Bertz CT molecular complexity index is 824. The molecule has 1 amide bonds. The fourth-order valence-corrected chi connectivity index (χ4v) is 2.23. The molecule has 0 fully saturated rings. The van der Waals surface area contributed by atoms with Crippen LogP contribution in [-0.2, 0) is 19.8 Å². The highest BCUT2D eigenvalue weighted by Gasteiger charge is 2.34. The number of nitrogens with one attached hydrogen (secondary N) is 2. The molecule has 2 N–H and O–H groups in total. The number of carbonyl (C=O) groups is 1. The summed E-state index contributed by atoms with van der Waals surface area (Å²) in [6, 6.07) is 1.48. The van der Waals surface area contributed by atoms with Crippen LogP contribution >= 0.6 is 0 Å². The molecule has 0 aromatic carbocycles. The standard InChI is InChI=1S/C14H15F3N4O3/c1-7-8(13(24-3)21(2)20-7)6-18-12(23)10-5-4-9(11(22)19-10)14(15,16)17/h4-5H,6H2,1-3H3,(H,18,23)(H,19,22). The highest BCUT2D eigenvalue weighted by molar-refractivity contribution is 5.92. The van der Waals surface area contributed by atoms with Crippen LogP contribution in [0.5, 0.6) is 5.88 Å². The highest BCUT2D eigenvalue weighted by Crippen LogP contribution is 2.26. The molecule has 0 aliphatic heterocycles. The summed E-state index contributed by atoms with van der Waals surface area (Å²) < 4.78 is 44.3. The minimum Gasteiger partial charge on any atom is -0.481 e. The smallest absolute Gasteiger partial charge is 0.421 e. The molecule has 130 valence electrons. The first-order valence-corrected chi connectivity index (χ1v) is 6.80. The highest BCUT2D eigenvalue weighted by atomic mass is 19.4. The molecule has 0 bridgehead atoms. The second-order valence-electron chi connectivity index (χ2n) is 4.99. The normalized spacial score (nSPS) is 11.4. The van der Waals surface area contributed by atoms with Crippen LogP contribution in [0.15, 0.2) is 16.9 Å². The summed E-state index contributed by atoms with van der Waals surface area (Å²) in [4.78, 5) is 25.4. The molecule has 0 atom stereocenters. The molecule has 2 rings (SSSR count). The van der Waals surface area contributed by atoms with Crippen molar-refractivity contribution in [2.24, 2.45) is 7.05 Å². The quantitative estimate of drug-likeness (QED) is 0.877. The molecule has 0 radical (unpaired) electrons. The minimum absolute atomic E-state index is 0.0464. The lowest BCUT2D eigenvalue weighted by atomic mass is 10.2. The van der Waals surface area contributed by atoms with E-state index in [2.05, 4.69) is 10.4 Å². The lowest BCUT2D eigenvalue weighted by Crippen LogP contribution is -2.29. The largest absolute Gasteiger partial charge is 0.481 e. The van der Waals surface area contributed by atoms with Gasteiger partial charge in [-0.25, -0.2) is 4.68 Å². The molecular formula is C14H15F3N4O3. The first-order chi connectivity index (χ1) is 11.1. The Morgan fingerprint density at radius 1 is 1.42 bits per heavy atom. The van der Waals surface area contributed by atoms with E-state index in [1.165, 1.54) is 11.8 Å². The zero-order chi connectivity index (χ0) is 18.1. The Labute approximate surface area is 134 Å². The maximum atomic E-state index is 12.5. The van der Waals surface area contributed by atoms with Gasteiger partial charge in [0.1, 0.15) is 11.3 Å². The number of amides is 1. The van der Waals surface area contributed by atoms with E-state index < -0.39 is 23.2 Å². The van der Waals surface area contributed by atoms with Crippen LogP contribution in [0.2, 0.25) is 0 Å². The van der Waals surface area contributed by atoms with Crippen LogP contribution in [0.3, 0.4) is 0 Å². The van der Waals surface area contributed by atoms with E-state index in [4.69, 9.17) is 4.74 Å². The third-order valence-corrected chi connectivity index (χ3v) is 3.37. The number of H-pyrrole nitrogens is 1. The van der Waals surface area contributed by atoms with E-state index in [0.29, 0.717) is 23.2 Å². The molecule has 10 heteroatoms. The number of aryl methyl sites for hydroxylation is 2. The van der Waals surface area contributed by atoms with Crippen molar-refractivity contribution in [2.75, 3.05) is 7.11 Å². The zero-order valence-electron chi connectivity index (χ0n) is 13.1. The van der Waals surface area contributed by atoms with Gasteiger partial charge in [0, 0.05) is 7.05 Å². The molecule has 0 aliphatic rings. The molecule has 0 aliphatic carbocycles. The molecule has 0 saturated carbocycles. The number of rotatable bonds is 4. The summed E-state index contributed by atoms with van der Waals surface area (Å²) >= 11 is 0. The van der Waals surface area contributed by atoms with E-state index in [1.54, 1.807) is 14.0 Å². The van der Waals surface area contributed by atoms with Gasteiger partial charge in [-0.3, -0.25) is 9.59 Å². The fraction of sp³-hybridized carbons (Fsp3) is 0.357. The van der Waals surface area contributed by atoms with E-state index in [-0.39, 0.29) is 12.2 Å². The number of nitrogens with zero attached hydrogens (tertiary/aromatic N) is 2. The minimum atomic E-state index is -4.78. The molecule has 7 nitrogen and oxygen atoms in total. The summed E-state index contributed by atoms with van der Waals surface area (Å²) in [5, 5.41) is 6.65. The van der Waals surface area contributed by atoms with Crippen LogP contribution < -0.4 is 15.6 Å². The number of aromatic amines is 1. The van der Waals surface area contributed by atoms with Gasteiger partial charge >= 0.3 is 6.18 Å². The van der Waals surface area contributed by atoms with Crippen molar-refractivity contribution in [1.29, 1.82) is 0 Å². The first kappa shape index (κ1) is 17.6. The Hall–Kier alpha value is -2.78. The zero-order valence-corrected chi connectivity index (χ0v) is 13.1. The molecule has 0 unspecified atom stereocenters. The van der Waals surface area contributed by atoms with Gasteiger partial charge in [-0.05, 0) is 19.1 Å². The topological polar surface area (TPSA) is 89.0 Å². The molecule has 2 heterocycles.